The number of rotatable bonds is 11. The fraction of sp³-hybridized carbons (Fsp3) is 0.481. The first kappa shape index (κ1) is 25.9. The van der Waals surface area contributed by atoms with Crippen LogP contribution in [0.3, 0.4) is 0 Å². The normalized spacial score (nSPS) is 19.6. The van der Waals surface area contributed by atoms with Crippen LogP contribution in [0.15, 0.2) is 42.6 Å². The number of alkyl halides is 1. The van der Waals surface area contributed by atoms with Gasteiger partial charge in [-0.05, 0) is 99.0 Å². The van der Waals surface area contributed by atoms with Gasteiger partial charge in [0.25, 0.3) is 0 Å². The Hall–Kier alpha value is -2.22. The minimum absolute atomic E-state index is 0.0407. The van der Waals surface area contributed by atoms with Gasteiger partial charge in [0, 0.05) is 29.4 Å². The predicted molar refractivity (Wildman–Crippen MR) is 139 cm³/mol. The molecule has 1 fully saturated rings. The first-order valence-electron chi connectivity index (χ1n) is 12.2. The van der Waals surface area contributed by atoms with Crippen molar-refractivity contribution >= 4 is 39.8 Å². The van der Waals surface area contributed by atoms with Gasteiger partial charge in [0.1, 0.15) is 11.9 Å². The number of benzene rings is 1. The Morgan fingerprint density at radius 1 is 1.31 bits per heavy atom. The first-order chi connectivity index (χ1) is 16.9. The van der Waals surface area contributed by atoms with E-state index in [2.05, 4.69) is 16.0 Å². The van der Waals surface area contributed by atoms with Gasteiger partial charge in [0.05, 0.1) is 17.0 Å². The molecule has 3 atom stereocenters. The van der Waals surface area contributed by atoms with Crippen LogP contribution in [0.4, 0.5) is 4.39 Å². The average Bonchev–Trinajstić information content (AvgIpc) is 3.27. The van der Waals surface area contributed by atoms with Crippen LogP contribution >= 0.6 is 22.9 Å². The van der Waals surface area contributed by atoms with Gasteiger partial charge in [-0.2, -0.15) is 0 Å². The highest BCUT2D eigenvalue weighted by molar-refractivity contribution is 7.16. The summed E-state index contributed by atoms with van der Waals surface area (Å²) in [4.78, 5) is 19.6. The molecule has 0 amide bonds. The molecule has 0 aliphatic carbocycles. The molecule has 8 heteroatoms. The first-order valence-corrected chi connectivity index (χ1v) is 13.4. The van der Waals surface area contributed by atoms with Crippen molar-refractivity contribution in [2.45, 2.75) is 44.7 Å². The van der Waals surface area contributed by atoms with E-state index >= 15 is 4.39 Å². The molecule has 0 radical (unpaired) electrons. The van der Waals surface area contributed by atoms with Gasteiger partial charge in [0.2, 0.25) is 0 Å². The summed E-state index contributed by atoms with van der Waals surface area (Å²) in [5, 5.41) is 10.3. The number of ether oxygens (including phenoxy) is 1. The molecule has 1 saturated heterocycles. The number of aromatic nitrogens is 1. The third-order valence-electron chi connectivity index (χ3n) is 7.05. The number of pyridine rings is 1. The van der Waals surface area contributed by atoms with E-state index in [0.29, 0.717) is 24.2 Å². The summed E-state index contributed by atoms with van der Waals surface area (Å²) in [6.45, 7) is 2.63. The Bertz CT molecular complexity index is 1140. The number of thiophene rings is 1. The van der Waals surface area contributed by atoms with E-state index < -0.39 is 12.1 Å². The van der Waals surface area contributed by atoms with Gasteiger partial charge in [-0.15, -0.1) is 11.3 Å². The number of aliphatic carboxylic acids is 1. The lowest BCUT2D eigenvalue weighted by molar-refractivity contribution is -0.139. The molecule has 0 unspecified atom stereocenters. The average molecular weight is 519 g/mol. The van der Waals surface area contributed by atoms with Crippen molar-refractivity contribution < 1.29 is 19.0 Å². The van der Waals surface area contributed by atoms with Crippen molar-refractivity contribution in [3.63, 3.8) is 0 Å². The Labute approximate surface area is 214 Å². The molecular weight excluding hydrogens is 487 g/mol. The standard InChI is InChI=1S/C27H32ClFN2O3S/c1-34-20-5-8-25-23(16-20)22(10-12-30-25)24(29)7-4-18-11-14-31(17-19(18)15-27(32)33)13-2-3-21-6-9-26(28)35-21/h5-6,8-10,12,16,18-19,24H,2-4,7,11,13-15,17H2,1H3,(H,32,33)/t18-,19+,24-/m1/s1. The van der Waals surface area contributed by atoms with Crippen LogP contribution < -0.4 is 4.74 Å². The van der Waals surface area contributed by atoms with Crippen LogP contribution in [0.1, 0.15) is 48.7 Å². The highest BCUT2D eigenvalue weighted by atomic mass is 35.5. The maximum Gasteiger partial charge on any atom is 0.303 e. The van der Waals surface area contributed by atoms with E-state index in [-0.39, 0.29) is 18.3 Å². The van der Waals surface area contributed by atoms with E-state index in [9.17, 15) is 9.90 Å². The number of halogens is 2. The number of carbonyl (C=O) groups is 1. The van der Waals surface area contributed by atoms with E-state index in [0.717, 1.165) is 54.1 Å². The number of hydrogen-bond acceptors (Lipinski definition) is 5. The minimum Gasteiger partial charge on any atom is -0.497 e. The fourth-order valence-electron chi connectivity index (χ4n) is 5.22. The van der Waals surface area contributed by atoms with Gasteiger partial charge in [0.15, 0.2) is 0 Å². The van der Waals surface area contributed by atoms with E-state index in [4.69, 9.17) is 16.3 Å². The summed E-state index contributed by atoms with van der Waals surface area (Å²) < 4.78 is 21.6. The van der Waals surface area contributed by atoms with Crippen molar-refractivity contribution in [3.05, 3.63) is 57.4 Å². The predicted octanol–water partition coefficient (Wildman–Crippen LogP) is 6.79. The molecule has 35 heavy (non-hydrogen) atoms. The molecule has 3 aromatic rings. The SMILES string of the molecule is COc1ccc2nccc([C@H](F)CC[C@@H]3CCN(CCCc4ccc(Cl)s4)C[C@@H]3CC(=O)O)c2c1. The molecule has 4 rings (SSSR count). The maximum atomic E-state index is 15.4. The van der Waals surface area contributed by atoms with E-state index in [1.165, 1.54) is 4.88 Å². The van der Waals surface area contributed by atoms with Gasteiger partial charge >= 0.3 is 5.97 Å². The second-order valence-corrected chi connectivity index (χ2v) is 11.1. The molecule has 1 aliphatic heterocycles. The maximum absolute atomic E-state index is 15.4. The van der Waals surface area contributed by atoms with Crippen molar-refractivity contribution in [1.29, 1.82) is 0 Å². The molecule has 0 spiro atoms. The summed E-state index contributed by atoms with van der Waals surface area (Å²) in [6.07, 6.45) is 4.60. The highest BCUT2D eigenvalue weighted by Gasteiger charge is 2.31. The molecular formula is C27H32ClFN2O3S. The number of carboxylic acids is 1. The molecule has 2 aromatic heterocycles. The van der Waals surface area contributed by atoms with Crippen LogP contribution in [0.25, 0.3) is 10.9 Å². The van der Waals surface area contributed by atoms with Gasteiger partial charge in [-0.3, -0.25) is 9.78 Å². The second-order valence-electron chi connectivity index (χ2n) is 9.34. The van der Waals surface area contributed by atoms with Gasteiger partial charge < -0.3 is 14.7 Å². The third kappa shape index (κ3) is 6.93. The number of piperidine rings is 1. The number of fused-ring (bicyclic) bond motifs is 1. The molecule has 0 saturated carbocycles. The summed E-state index contributed by atoms with van der Waals surface area (Å²) in [6, 6.07) is 11.2. The lowest BCUT2D eigenvalue weighted by Crippen LogP contribution is -2.42. The van der Waals surface area contributed by atoms with E-state index in [1.807, 2.05) is 24.3 Å². The third-order valence-corrected chi connectivity index (χ3v) is 8.34. The second kappa shape index (κ2) is 12.2. The minimum atomic E-state index is -1.13. The smallest absolute Gasteiger partial charge is 0.303 e. The zero-order chi connectivity index (χ0) is 24.8. The number of carboxylic acid groups (broad SMARTS) is 1. The molecule has 1 aliphatic rings. The Morgan fingerprint density at radius 3 is 2.91 bits per heavy atom. The number of nitrogens with zero attached hydrogens (tertiary/aromatic N) is 2. The van der Waals surface area contributed by atoms with E-state index in [1.54, 1.807) is 30.7 Å². The lowest BCUT2D eigenvalue weighted by Gasteiger charge is -2.38. The Balaban J connectivity index is 1.35. The van der Waals surface area contributed by atoms with Crippen LogP contribution in [-0.4, -0.2) is 47.7 Å². The summed E-state index contributed by atoms with van der Waals surface area (Å²) in [5.41, 5.74) is 1.36. The summed E-state index contributed by atoms with van der Waals surface area (Å²) >= 11 is 7.64. The largest absolute Gasteiger partial charge is 0.497 e. The zero-order valence-electron chi connectivity index (χ0n) is 20.0. The van der Waals surface area contributed by atoms with Crippen LogP contribution in [-0.2, 0) is 11.2 Å². The monoisotopic (exact) mass is 518 g/mol. The number of likely N-dealkylation sites (tertiary alicyclic amines) is 1. The van der Waals surface area contributed by atoms with Crippen LogP contribution in [0.2, 0.25) is 4.34 Å². The van der Waals surface area contributed by atoms with Crippen molar-refractivity contribution in [2.75, 3.05) is 26.7 Å². The Morgan fingerprint density at radius 2 is 2.17 bits per heavy atom. The van der Waals surface area contributed by atoms with Gasteiger partial charge in [-0.25, -0.2) is 4.39 Å². The molecule has 1 aromatic carbocycles. The quantitative estimate of drug-likeness (QED) is 0.302. The molecule has 3 heterocycles. The topological polar surface area (TPSA) is 62.7 Å². The zero-order valence-corrected chi connectivity index (χ0v) is 21.5. The van der Waals surface area contributed by atoms with Crippen LogP contribution in [0, 0.1) is 11.8 Å². The van der Waals surface area contributed by atoms with Gasteiger partial charge in [-0.1, -0.05) is 11.6 Å². The van der Waals surface area contributed by atoms with Crippen molar-refractivity contribution in [2.24, 2.45) is 11.8 Å². The molecule has 1 N–H and O–H groups in total. The number of aryl methyl sites for hydroxylation is 1. The van der Waals surface area contributed by atoms with Crippen molar-refractivity contribution in [1.82, 2.24) is 9.88 Å². The summed E-state index contributed by atoms with van der Waals surface area (Å²) in [7, 11) is 1.59. The lowest BCUT2D eigenvalue weighted by atomic mass is 9.79. The fourth-order valence-corrected chi connectivity index (χ4v) is 6.35. The molecule has 5 nitrogen and oxygen atoms in total. The molecule has 188 valence electrons. The highest BCUT2D eigenvalue weighted by Crippen LogP contribution is 2.36. The van der Waals surface area contributed by atoms with Crippen molar-refractivity contribution in [3.8, 4) is 5.75 Å². The number of hydrogen-bond donors (Lipinski definition) is 1. The van der Waals surface area contributed by atoms with Crippen LogP contribution in [0.5, 0.6) is 5.75 Å². The number of methoxy groups -OCH3 is 1. The Kier molecular flexibility index (Phi) is 8.98. The summed E-state index contributed by atoms with van der Waals surface area (Å²) in [5.74, 6) is 0.146. The molecule has 0 bridgehead atoms.